The van der Waals surface area contributed by atoms with E-state index in [-0.39, 0.29) is 17.5 Å². The van der Waals surface area contributed by atoms with Crippen molar-refractivity contribution in [2.75, 3.05) is 25.5 Å². The van der Waals surface area contributed by atoms with Gasteiger partial charge in [0.05, 0.1) is 17.5 Å². The van der Waals surface area contributed by atoms with Crippen molar-refractivity contribution in [2.24, 2.45) is 10.7 Å². The first kappa shape index (κ1) is 17.5. The Labute approximate surface area is 133 Å². The molecule has 0 amide bonds. The summed E-state index contributed by atoms with van der Waals surface area (Å²) in [6.45, 7) is 1.32. The lowest BCUT2D eigenvalue weighted by Gasteiger charge is -2.21. The predicted molar refractivity (Wildman–Crippen MR) is 88.7 cm³/mol. The zero-order valence-corrected chi connectivity index (χ0v) is 14.1. The molecule has 6 nitrogen and oxygen atoms in total. The van der Waals surface area contributed by atoms with Gasteiger partial charge in [0.1, 0.15) is 0 Å². The topological polar surface area (TPSA) is 93.8 Å². The minimum absolute atomic E-state index is 0.0741. The molecule has 0 bridgehead atoms. The quantitative estimate of drug-likeness (QED) is 0.449. The predicted octanol–water partition coefficient (Wildman–Crippen LogP) is 1.21. The van der Waals surface area contributed by atoms with Gasteiger partial charge >= 0.3 is 0 Å². The summed E-state index contributed by atoms with van der Waals surface area (Å²) in [5, 5.41) is 2.97. The largest absolute Gasteiger partial charge is 0.381 e. The van der Waals surface area contributed by atoms with Gasteiger partial charge in [-0.25, -0.2) is 8.42 Å². The Balaban J connectivity index is 1.75. The van der Waals surface area contributed by atoms with Crippen LogP contribution in [0.2, 0.25) is 0 Å². The van der Waals surface area contributed by atoms with Crippen molar-refractivity contribution in [2.45, 2.75) is 62.7 Å². The van der Waals surface area contributed by atoms with Crippen LogP contribution in [0.3, 0.4) is 0 Å². The molecule has 2 fully saturated rings. The molecule has 2 aliphatic rings. The van der Waals surface area contributed by atoms with Crippen LogP contribution in [0.4, 0.5) is 0 Å². The summed E-state index contributed by atoms with van der Waals surface area (Å²) in [7, 11) is -3.09. The fraction of sp³-hybridized carbons (Fsp3) is 0.933. The minimum Gasteiger partial charge on any atom is -0.381 e. The summed E-state index contributed by atoms with van der Waals surface area (Å²) in [5.74, 6) is 0.458. The highest BCUT2D eigenvalue weighted by molar-refractivity contribution is 7.92. The Morgan fingerprint density at radius 3 is 2.36 bits per heavy atom. The first-order valence-electron chi connectivity index (χ1n) is 8.44. The van der Waals surface area contributed by atoms with Gasteiger partial charge < -0.3 is 15.8 Å². The van der Waals surface area contributed by atoms with E-state index in [0.29, 0.717) is 38.1 Å². The van der Waals surface area contributed by atoms with Gasteiger partial charge in [-0.05, 0) is 25.7 Å². The highest BCUT2D eigenvalue weighted by Gasteiger charge is 2.27. The molecule has 0 aromatic heterocycles. The summed E-state index contributed by atoms with van der Waals surface area (Å²) in [5.41, 5.74) is 5.89. The summed E-state index contributed by atoms with van der Waals surface area (Å²) in [6.07, 6.45) is 8.47. The Bertz CT molecular complexity index is 451. The normalized spacial score (nSPS) is 23.2. The van der Waals surface area contributed by atoms with Crippen molar-refractivity contribution >= 4 is 15.8 Å². The molecule has 1 saturated carbocycles. The summed E-state index contributed by atoms with van der Waals surface area (Å²) >= 11 is 0. The third-order valence-electron chi connectivity index (χ3n) is 4.54. The smallest absolute Gasteiger partial charge is 0.188 e. The molecule has 128 valence electrons. The first-order valence-corrected chi connectivity index (χ1v) is 10.2. The number of hydrogen-bond acceptors (Lipinski definition) is 4. The van der Waals surface area contributed by atoms with Crippen molar-refractivity contribution in [3.63, 3.8) is 0 Å². The number of nitrogens with zero attached hydrogens (tertiary/aromatic N) is 1. The second-order valence-electron chi connectivity index (χ2n) is 6.28. The zero-order chi connectivity index (χ0) is 15.8. The molecular formula is C15H29N3O3S. The second-order valence-corrected chi connectivity index (χ2v) is 8.68. The molecule has 1 saturated heterocycles. The van der Waals surface area contributed by atoms with Crippen LogP contribution in [0.1, 0.15) is 51.4 Å². The number of hydrogen-bond donors (Lipinski definition) is 2. The van der Waals surface area contributed by atoms with Crippen LogP contribution in [0, 0.1) is 0 Å². The van der Waals surface area contributed by atoms with Gasteiger partial charge in [0.15, 0.2) is 15.8 Å². The van der Waals surface area contributed by atoms with E-state index in [0.717, 1.165) is 12.8 Å². The number of nitrogens with two attached hydrogens (primary N) is 1. The van der Waals surface area contributed by atoms with Crippen molar-refractivity contribution in [3.05, 3.63) is 0 Å². The Hall–Kier alpha value is -0.820. The third kappa shape index (κ3) is 5.76. The number of ether oxygens (including phenoxy) is 1. The van der Waals surface area contributed by atoms with Crippen LogP contribution in [-0.4, -0.2) is 51.2 Å². The number of aliphatic imine (C=N–C) groups is 1. The Morgan fingerprint density at radius 2 is 1.73 bits per heavy atom. The van der Waals surface area contributed by atoms with Crippen LogP contribution in [0.5, 0.6) is 0 Å². The maximum Gasteiger partial charge on any atom is 0.188 e. The molecule has 0 unspecified atom stereocenters. The van der Waals surface area contributed by atoms with E-state index in [1.54, 1.807) is 0 Å². The lowest BCUT2D eigenvalue weighted by Crippen LogP contribution is -2.40. The van der Waals surface area contributed by atoms with E-state index >= 15 is 0 Å². The molecule has 2 rings (SSSR count). The highest BCUT2D eigenvalue weighted by atomic mass is 32.2. The molecule has 7 heteroatoms. The summed E-state index contributed by atoms with van der Waals surface area (Å²) < 4.78 is 29.6. The molecule has 1 aliphatic heterocycles. The standard InChI is InChI=1S/C15H29N3O3S/c16-15(18-13-5-3-1-2-4-6-13)17-9-12-22(19,20)14-7-10-21-11-8-14/h13-14H,1-12H2,(H3,16,17,18). The molecule has 0 aromatic rings. The van der Waals surface area contributed by atoms with Gasteiger partial charge in [-0.2, -0.15) is 0 Å². The fourth-order valence-electron chi connectivity index (χ4n) is 3.17. The Morgan fingerprint density at radius 1 is 1.09 bits per heavy atom. The van der Waals surface area contributed by atoms with Crippen LogP contribution in [0.25, 0.3) is 0 Å². The summed E-state index contributed by atoms with van der Waals surface area (Å²) in [6, 6.07) is 0.387. The van der Waals surface area contributed by atoms with Crippen molar-refractivity contribution in [3.8, 4) is 0 Å². The number of guanidine groups is 1. The molecule has 3 N–H and O–H groups in total. The number of sulfone groups is 1. The molecule has 1 heterocycles. The van der Waals surface area contributed by atoms with Crippen molar-refractivity contribution < 1.29 is 13.2 Å². The van der Waals surface area contributed by atoms with Crippen LogP contribution in [-0.2, 0) is 14.6 Å². The third-order valence-corrected chi connectivity index (χ3v) is 6.78. The molecular weight excluding hydrogens is 302 g/mol. The van der Waals surface area contributed by atoms with E-state index in [1.807, 2.05) is 0 Å². The van der Waals surface area contributed by atoms with Gasteiger partial charge in [0.2, 0.25) is 0 Å². The van der Waals surface area contributed by atoms with Gasteiger partial charge in [-0.1, -0.05) is 25.7 Å². The first-order chi connectivity index (χ1) is 10.6. The molecule has 1 aliphatic carbocycles. The van der Waals surface area contributed by atoms with Gasteiger partial charge in [0, 0.05) is 19.3 Å². The minimum atomic E-state index is -3.09. The van der Waals surface area contributed by atoms with Gasteiger partial charge in [-0.15, -0.1) is 0 Å². The van der Waals surface area contributed by atoms with Gasteiger partial charge in [-0.3, -0.25) is 4.99 Å². The van der Waals surface area contributed by atoms with E-state index < -0.39 is 9.84 Å². The van der Waals surface area contributed by atoms with Crippen LogP contribution in [0.15, 0.2) is 4.99 Å². The highest BCUT2D eigenvalue weighted by Crippen LogP contribution is 2.17. The molecule has 22 heavy (non-hydrogen) atoms. The lowest BCUT2D eigenvalue weighted by molar-refractivity contribution is 0.0984. The van der Waals surface area contributed by atoms with E-state index in [1.165, 1.54) is 25.7 Å². The molecule has 0 aromatic carbocycles. The molecule has 0 radical (unpaired) electrons. The van der Waals surface area contributed by atoms with Crippen LogP contribution >= 0.6 is 0 Å². The van der Waals surface area contributed by atoms with E-state index in [4.69, 9.17) is 10.5 Å². The average molecular weight is 331 g/mol. The lowest BCUT2D eigenvalue weighted by atomic mass is 10.1. The second kappa shape index (κ2) is 8.72. The van der Waals surface area contributed by atoms with Crippen molar-refractivity contribution in [1.29, 1.82) is 0 Å². The zero-order valence-electron chi connectivity index (χ0n) is 13.3. The van der Waals surface area contributed by atoms with Gasteiger partial charge in [0.25, 0.3) is 0 Å². The monoisotopic (exact) mass is 331 g/mol. The number of rotatable bonds is 5. The molecule has 0 spiro atoms. The maximum absolute atomic E-state index is 12.2. The summed E-state index contributed by atoms with van der Waals surface area (Å²) in [4.78, 5) is 4.20. The average Bonchev–Trinajstić information content (AvgIpc) is 2.76. The molecule has 0 atom stereocenters. The van der Waals surface area contributed by atoms with E-state index in [9.17, 15) is 8.42 Å². The van der Waals surface area contributed by atoms with Crippen molar-refractivity contribution in [1.82, 2.24) is 5.32 Å². The maximum atomic E-state index is 12.2. The SMILES string of the molecule is NC(=NCCS(=O)(=O)C1CCOCC1)NC1CCCCCC1. The fourth-order valence-corrected chi connectivity index (χ4v) is 4.76. The number of nitrogens with one attached hydrogen (secondary N) is 1. The van der Waals surface area contributed by atoms with E-state index in [2.05, 4.69) is 10.3 Å². The van der Waals surface area contributed by atoms with Crippen LogP contribution < -0.4 is 11.1 Å². The Kier molecular flexibility index (Phi) is 6.95.